The smallest absolute Gasteiger partial charge is 0.289 e. The lowest BCUT2D eigenvalue weighted by molar-refractivity contribution is -0.384. The van der Waals surface area contributed by atoms with Gasteiger partial charge >= 0.3 is 0 Å². The largest absolute Gasteiger partial charge is 0.494 e. The molecule has 0 aliphatic rings. The minimum Gasteiger partial charge on any atom is -0.494 e. The first kappa shape index (κ1) is 19.8. The number of aromatic nitrogens is 1. The molecule has 0 radical (unpaired) electrons. The maximum atomic E-state index is 12.2. The summed E-state index contributed by atoms with van der Waals surface area (Å²) in [5.41, 5.74) is 1.61. The van der Waals surface area contributed by atoms with Gasteiger partial charge in [0, 0.05) is 22.7 Å². The van der Waals surface area contributed by atoms with Gasteiger partial charge in [-0.1, -0.05) is 11.6 Å². The molecule has 0 spiro atoms. The minimum absolute atomic E-state index is 0.0162. The van der Waals surface area contributed by atoms with Gasteiger partial charge in [0.15, 0.2) is 0 Å². The number of halogens is 1. The zero-order valence-corrected chi connectivity index (χ0v) is 16.4. The molecule has 144 valence electrons. The van der Waals surface area contributed by atoms with Crippen LogP contribution in [0, 0.1) is 10.1 Å². The lowest BCUT2D eigenvalue weighted by Gasteiger charge is -2.05. The fraction of sp³-hybridized carbons (Fsp3) is 0.158. The zero-order valence-electron chi connectivity index (χ0n) is 14.8. The number of rotatable bonds is 7. The molecule has 0 unspecified atom stereocenters. The summed E-state index contributed by atoms with van der Waals surface area (Å²) in [6, 6.07) is 11.7. The number of ether oxygens (including phenoxy) is 1. The lowest BCUT2D eigenvalue weighted by atomic mass is 10.2. The molecule has 0 saturated carbocycles. The number of carbonyl (C=O) groups excluding carboxylic acids is 1. The van der Waals surface area contributed by atoms with Crippen LogP contribution in [0.25, 0.3) is 10.6 Å². The summed E-state index contributed by atoms with van der Waals surface area (Å²) in [6.07, 6.45) is 0.0595. The van der Waals surface area contributed by atoms with Gasteiger partial charge in [-0.2, -0.15) is 0 Å². The molecule has 0 aliphatic heterocycles. The molecule has 1 aromatic heterocycles. The van der Waals surface area contributed by atoms with E-state index in [1.165, 1.54) is 29.5 Å². The van der Waals surface area contributed by atoms with Crippen LogP contribution in [-0.4, -0.2) is 22.4 Å². The molecule has 0 saturated heterocycles. The summed E-state index contributed by atoms with van der Waals surface area (Å²) in [6.45, 7) is 2.53. The summed E-state index contributed by atoms with van der Waals surface area (Å²) in [5.74, 6) is 0.472. The number of hydrogen-bond donors (Lipinski definition) is 1. The first-order chi connectivity index (χ1) is 13.5. The zero-order chi connectivity index (χ0) is 20.1. The van der Waals surface area contributed by atoms with Gasteiger partial charge in [0.25, 0.3) is 5.69 Å². The second-order valence-electron chi connectivity index (χ2n) is 5.75. The Morgan fingerprint density at radius 1 is 1.29 bits per heavy atom. The van der Waals surface area contributed by atoms with E-state index in [-0.39, 0.29) is 23.0 Å². The second-order valence-corrected chi connectivity index (χ2v) is 7.01. The summed E-state index contributed by atoms with van der Waals surface area (Å²) in [5, 5.41) is 16.2. The quantitative estimate of drug-likeness (QED) is 0.433. The highest BCUT2D eigenvalue weighted by atomic mass is 35.5. The van der Waals surface area contributed by atoms with Crippen molar-refractivity contribution in [3.63, 3.8) is 0 Å². The molecule has 9 heteroatoms. The van der Waals surface area contributed by atoms with Gasteiger partial charge in [-0.05, 0) is 43.3 Å². The maximum absolute atomic E-state index is 12.2. The Morgan fingerprint density at radius 2 is 2.04 bits per heavy atom. The van der Waals surface area contributed by atoms with Crippen molar-refractivity contribution in [3.8, 4) is 16.3 Å². The Morgan fingerprint density at radius 3 is 2.71 bits per heavy atom. The van der Waals surface area contributed by atoms with Gasteiger partial charge in [0.1, 0.15) is 15.8 Å². The highest BCUT2D eigenvalue weighted by molar-refractivity contribution is 7.13. The number of nitrogens with one attached hydrogen (secondary N) is 1. The molecule has 1 N–H and O–H groups in total. The molecule has 1 amide bonds. The van der Waals surface area contributed by atoms with Crippen LogP contribution in [0.15, 0.2) is 47.8 Å². The highest BCUT2D eigenvalue weighted by Gasteiger charge is 2.15. The number of amides is 1. The number of nitro benzene ring substituents is 1. The molecule has 7 nitrogen and oxygen atoms in total. The summed E-state index contributed by atoms with van der Waals surface area (Å²) < 4.78 is 5.42. The molecule has 3 aromatic rings. The number of carbonyl (C=O) groups is 1. The van der Waals surface area contributed by atoms with Crippen molar-refractivity contribution in [2.24, 2.45) is 0 Å². The van der Waals surface area contributed by atoms with Gasteiger partial charge in [-0.15, -0.1) is 11.3 Å². The number of nitrogens with zero attached hydrogens (tertiary/aromatic N) is 2. The molecular weight excluding hydrogens is 402 g/mol. The van der Waals surface area contributed by atoms with Crippen molar-refractivity contribution >= 4 is 40.2 Å². The molecule has 1 heterocycles. The molecule has 28 heavy (non-hydrogen) atoms. The number of hydrogen-bond acceptors (Lipinski definition) is 6. The predicted octanol–water partition coefficient (Wildman–Crippen LogP) is 4.95. The van der Waals surface area contributed by atoms with Gasteiger partial charge in [-0.3, -0.25) is 14.9 Å². The number of benzene rings is 2. The normalized spacial score (nSPS) is 10.5. The van der Waals surface area contributed by atoms with Gasteiger partial charge in [0.05, 0.1) is 23.6 Å². The van der Waals surface area contributed by atoms with E-state index in [4.69, 9.17) is 16.3 Å². The standard InChI is InChI=1S/C19H16ClN3O4S/c1-2-27-15-6-3-12(4-7-15)19-22-14(11-28-19)10-18(24)21-13-5-8-16(20)17(9-13)23(25)26/h3-9,11H,2,10H2,1H3,(H,21,24). The van der Waals surface area contributed by atoms with Crippen LogP contribution >= 0.6 is 22.9 Å². The van der Waals surface area contributed by atoms with Crippen LogP contribution in [0.2, 0.25) is 5.02 Å². The third-order valence-corrected chi connectivity index (χ3v) is 4.99. The van der Waals surface area contributed by atoms with E-state index in [2.05, 4.69) is 10.3 Å². The van der Waals surface area contributed by atoms with E-state index in [9.17, 15) is 14.9 Å². The summed E-state index contributed by atoms with van der Waals surface area (Å²) >= 11 is 7.21. The van der Waals surface area contributed by atoms with Crippen LogP contribution < -0.4 is 10.1 Å². The minimum atomic E-state index is -0.596. The maximum Gasteiger partial charge on any atom is 0.289 e. The molecule has 0 fully saturated rings. The Hall–Kier alpha value is -2.97. The Balaban J connectivity index is 1.65. The van der Waals surface area contributed by atoms with Crippen molar-refractivity contribution in [1.29, 1.82) is 0 Å². The van der Waals surface area contributed by atoms with Crippen LogP contribution in [-0.2, 0) is 11.2 Å². The average molecular weight is 418 g/mol. The fourth-order valence-electron chi connectivity index (χ4n) is 2.48. The third kappa shape index (κ3) is 4.85. The Bertz CT molecular complexity index is 1000. The molecule has 0 bridgehead atoms. The number of nitro groups is 1. The van der Waals surface area contributed by atoms with E-state index in [0.717, 1.165) is 16.3 Å². The van der Waals surface area contributed by atoms with Crippen molar-refractivity contribution in [2.45, 2.75) is 13.3 Å². The SMILES string of the molecule is CCOc1ccc(-c2nc(CC(=O)Nc3ccc(Cl)c([N+](=O)[O-])c3)cs2)cc1. The summed E-state index contributed by atoms with van der Waals surface area (Å²) in [4.78, 5) is 27.1. The van der Waals surface area contributed by atoms with Crippen molar-refractivity contribution in [1.82, 2.24) is 4.98 Å². The Kier molecular flexibility index (Phi) is 6.23. The van der Waals surface area contributed by atoms with E-state index >= 15 is 0 Å². The van der Waals surface area contributed by atoms with E-state index in [0.29, 0.717) is 18.0 Å². The molecule has 0 aliphatic carbocycles. The first-order valence-electron chi connectivity index (χ1n) is 8.37. The van der Waals surface area contributed by atoms with Gasteiger partial charge < -0.3 is 10.1 Å². The van der Waals surface area contributed by atoms with E-state index < -0.39 is 4.92 Å². The number of anilines is 1. The number of thiazole rings is 1. The first-order valence-corrected chi connectivity index (χ1v) is 9.63. The van der Waals surface area contributed by atoms with Crippen molar-refractivity contribution in [2.75, 3.05) is 11.9 Å². The predicted molar refractivity (Wildman–Crippen MR) is 109 cm³/mol. The molecule has 3 rings (SSSR count). The third-order valence-electron chi connectivity index (χ3n) is 3.73. The molecular formula is C19H16ClN3O4S. The van der Waals surface area contributed by atoms with Gasteiger partial charge in [-0.25, -0.2) is 4.98 Å². The monoisotopic (exact) mass is 417 g/mol. The van der Waals surface area contributed by atoms with E-state index in [1.807, 2.05) is 36.6 Å². The Labute approximate surface area is 170 Å². The van der Waals surface area contributed by atoms with Crippen molar-refractivity contribution < 1.29 is 14.5 Å². The lowest BCUT2D eigenvalue weighted by Crippen LogP contribution is -2.14. The van der Waals surface area contributed by atoms with Crippen LogP contribution in [0.4, 0.5) is 11.4 Å². The topological polar surface area (TPSA) is 94.4 Å². The van der Waals surface area contributed by atoms with Crippen LogP contribution in [0.1, 0.15) is 12.6 Å². The second kappa shape index (κ2) is 8.81. The van der Waals surface area contributed by atoms with Crippen LogP contribution in [0.3, 0.4) is 0 Å². The summed E-state index contributed by atoms with van der Waals surface area (Å²) in [7, 11) is 0. The molecule has 2 aromatic carbocycles. The van der Waals surface area contributed by atoms with E-state index in [1.54, 1.807) is 0 Å². The average Bonchev–Trinajstić information content (AvgIpc) is 3.12. The van der Waals surface area contributed by atoms with Crippen LogP contribution in [0.5, 0.6) is 5.75 Å². The fourth-order valence-corrected chi connectivity index (χ4v) is 3.49. The molecule has 0 atom stereocenters. The van der Waals surface area contributed by atoms with Crippen molar-refractivity contribution in [3.05, 3.63) is 68.7 Å². The highest BCUT2D eigenvalue weighted by Crippen LogP contribution is 2.28. The van der Waals surface area contributed by atoms with Gasteiger partial charge in [0.2, 0.25) is 5.91 Å².